The van der Waals surface area contributed by atoms with E-state index in [-0.39, 0.29) is 0 Å². The van der Waals surface area contributed by atoms with E-state index < -0.39 is 0 Å². The molecule has 0 heterocycles. The van der Waals surface area contributed by atoms with Gasteiger partial charge in [0.15, 0.2) is 0 Å². The Balaban J connectivity index is 0.000000487. The summed E-state index contributed by atoms with van der Waals surface area (Å²) in [6, 6.07) is 0. The van der Waals surface area contributed by atoms with E-state index in [0.717, 1.165) is 99.1 Å². The highest BCUT2D eigenvalue weighted by atomic mass is 14.8. The van der Waals surface area contributed by atoms with Crippen LogP contribution in [0.1, 0.15) is 191 Å². The third-order valence-electron chi connectivity index (χ3n) is 16.8. The van der Waals surface area contributed by atoms with Gasteiger partial charge in [-0.05, 0) is 183 Å². The summed E-state index contributed by atoms with van der Waals surface area (Å²) < 4.78 is 0. The van der Waals surface area contributed by atoms with Crippen LogP contribution in [0.2, 0.25) is 0 Å². The zero-order valence-electron chi connectivity index (χ0n) is 33.0. The number of rotatable bonds is 6. The SMILES string of the molecule is CC(C)C.CCC.CCC(C)CC1C(C2CC3(CC(C4CC5(CC(C(C)C)C5)C4)C3)C2)CC23CCCCCCC4C(C)CC(C42)C13. The van der Waals surface area contributed by atoms with Crippen LogP contribution in [0.4, 0.5) is 0 Å². The fourth-order valence-corrected chi connectivity index (χ4v) is 14.9. The Morgan fingerprint density at radius 1 is 0.609 bits per heavy atom. The van der Waals surface area contributed by atoms with Crippen LogP contribution >= 0.6 is 0 Å². The molecule has 266 valence electrons. The minimum absolute atomic E-state index is 0.801. The Labute approximate surface area is 289 Å². The van der Waals surface area contributed by atoms with Crippen LogP contribution < -0.4 is 0 Å². The largest absolute Gasteiger partial charge is 0.0656 e. The normalized spacial score (nSPS) is 50.5. The van der Waals surface area contributed by atoms with E-state index in [4.69, 9.17) is 0 Å². The van der Waals surface area contributed by atoms with Crippen LogP contribution in [-0.4, -0.2) is 0 Å². The average Bonchev–Trinajstić information content (AvgIpc) is 3.34. The van der Waals surface area contributed by atoms with Crippen molar-refractivity contribution in [2.75, 3.05) is 0 Å². The standard InChI is InChI=1S/C39H64.C4H10.C3H8/c1-6-25(4)13-32-34(23-39-12-10-8-7-9-11-31-26(5)14-33(35(31)39)36(32)39)30-21-38(22-30)19-29(20-38)28-17-37(18-28)15-27(16-37)24(2)3;1-4(2)3;1-3-2/h24-36H,6-23H2,1-5H3;4H,1-3H3;3H2,1-2H3. The van der Waals surface area contributed by atoms with Crippen LogP contribution in [0.5, 0.6) is 0 Å². The van der Waals surface area contributed by atoms with Crippen molar-refractivity contribution >= 4 is 0 Å². The predicted molar refractivity (Wildman–Crippen MR) is 201 cm³/mol. The smallest absolute Gasteiger partial charge is 0.0227 e. The highest BCUT2D eigenvalue weighted by Crippen LogP contribution is 2.80. The summed E-state index contributed by atoms with van der Waals surface area (Å²) in [5.41, 5.74) is 2.48. The molecule has 9 atom stereocenters. The Hall–Kier alpha value is 0. The zero-order valence-corrected chi connectivity index (χ0v) is 33.0. The lowest BCUT2D eigenvalue weighted by molar-refractivity contribution is -0.165. The number of hydrogen-bond donors (Lipinski definition) is 0. The first kappa shape index (κ1) is 35.8. The van der Waals surface area contributed by atoms with E-state index in [1.54, 1.807) is 103 Å². The van der Waals surface area contributed by atoms with Crippen molar-refractivity contribution in [3.8, 4) is 0 Å². The van der Waals surface area contributed by atoms with Gasteiger partial charge in [0.25, 0.3) is 0 Å². The monoisotopic (exact) mass is 635 g/mol. The minimum atomic E-state index is 0.801. The lowest BCUT2D eigenvalue weighted by Gasteiger charge is -2.67. The first-order chi connectivity index (χ1) is 21.9. The van der Waals surface area contributed by atoms with Gasteiger partial charge in [-0.1, -0.05) is 108 Å². The van der Waals surface area contributed by atoms with Crippen molar-refractivity contribution < 1.29 is 0 Å². The number of hydrogen-bond acceptors (Lipinski definition) is 0. The van der Waals surface area contributed by atoms with E-state index in [9.17, 15) is 0 Å². The molecule has 0 aromatic rings. The molecule has 0 aliphatic heterocycles. The molecule has 0 amide bonds. The van der Waals surface area contributed by atoms with E-state index >= 15 is 0 Å². The van der Waals surface area contributed by atoms with Gasteiger partial charge >= 0.3 is 0 Å². The molecule has 0 bridgehead atoms. The van der Waals surface area contributed by atoms with Crippen molar-refractivity contribution in [2.24, 2.45) is 99.1 Å². The van der Waals surface area contributed by atoms with Gasteiger partial charge in [0.1, 0.15) is 0 Å². The molecule has 0 heteroatoms. The molecule has 3 spiro atoms. The third kappa shape index (κ3) is 6.37. The molecule has 8 aliphatic carbocycles. The average molecular weight is 635 g/mol. The fourth-order valence-electron chi connectivity index (χ4n) is 14.9. The highest BCUT2D eigenvalue weighted by molar-refractivity contribution is 5.22. The van der Waals surface area contributed by atoms with Crippen molar-refractivity contribution in [2.45, 2.75) is 191 Å². The molecular formula is C46H82. The van der Waals surface area contributed by atoms with Crippen molar-refractivity contribution in [1.29, 1.82) is 0 Å². The second kappa shape index (κ2) is 14.0. The predicted octanol–water partition coefficient (Wildman–Crippen LogP) is 14.3. The molecule has 0 nitrogen and oxygen atoms in total. The van der Waals surface area contributed by atoms with Crippen LogP contribution in [-0.2, 0) is 0 Å². The van der Waals surface area contributed by atoms with Gasteiger partial charge in [0.2, 0.25) is 0 Å². The molecule has 0 saturated heterocycles. The molecule has 0 aromatic heterocycles. The summed E-state index contributed by atoms with van der Waals surface area (Å²) in [4.78, 5) is 0. The Bertz CT molecular complexity index is 957. The second-order valence-corrected chi connectivity index (χ2v) is 21.4. The molecule has 46 heavy (non-hydrogen) atoms. The number of fused-ring (bicyclic) bond motifs is 1. The van der Waals surface area contributed by atoms with Gasteiger partial charge in [-0.25, -0.2) is 0 Å². The lowest BCUT2D eigenvalue weighted by atomic mass is 9.38. The van der Waals surface area contributed by atoms with Gasteiger partial charge in [0, 0.05) is 0 Å². The molecule has 0 N–H and O–H groups in total. The van der Waals surface area contributed by atoms with Gasteiger partial charge in [0.05, 0.1) is 0 Å². The Morgan fingerprint density at radius 2 is 1.15 bits per heavy atom. The molecule has 8 aliphatic rings. The van der Waals surface area contributed by atoms with Crippen LogP contribution in [0.15, 0.2) is 0 Å². The maximum Gasteiger partial charge on any atom is -0.0227 e. The summed E-state index contributed by atoms with van der Waals surface area (Å²) in [6.07, 6.45) is 30.0. The van der Waals surface area contributed by atoms with Crippen molar-refractivity contribution in [1.82, 2.24) is 0 Å². The van der Waals surface area contributed by atoms with Gasteiger partial charge < -0.3 is 0 Å². The lowest BCUT2D eigenvalue weighted by Crippen LogP contribution is -2.57. The van der Waals surface area contributed by atoms with Gasteiger partial charge in [-0.3, -0.25) is 0 Å². The molecule has 8 rings (SSSR count). The summed E-state index contributed by atoms with van der Waals surface area (Å²) >= 11 is 0. The van der Waals surface area contributed by atoms with Crippen LogP contribution in [0, 0.1) is 99.1 Å². The van der Waals surface area contributed by atoms with Gasteiger partial charge in [-0.15, -0.1) is 0 Å². The van der Waals surface area contributed by atoms with Crippen molar-refractivity contribution in [3.05, 3.63) is 0 Å². The maximum atomic E-state index is 2.67. The Kier molecular flexibility index (Phi) is 10.9. The quantitative estimate of drug-likeness (QED) is 0.273. The van der Waals surface area contributed by atoms with Crippen LogP contribution in [0.25, 0.3) is 0 Å². The highest BCUT2D eigenvalue weighted by Gasteiger charge is 2.73. The van der Waals surface area contributed by atoms with E-state index in [2.05, 4.69) is 69.2 Å². The van der Waals surface area contributed by atoms with E-state index in [1.807, 2.05) is 0 Å². The molecule has 0 radical (unpaired) electrons. The second-order valence-electron chi connectivity index (χ2n) is 21.4. The molecule has 9 unspecified atom stereocenters. The first-order valence-corrected chi connectivity index (χ1v) is 21.9. The fraction of sp³-hybridized carbons (Fsp3) is 1.00. The molecular weight excluding hydrogens is 553 g/mol. The van der Waals surface area contributed by atoms with Crippen molar-refractivity contribution in [3.63, 3.8) is 0 Å². The summed E-state index contributed by atoms with van der Waals surface area (Å²) in [6.45, 7) is 23.4. The van der Waals surface area contributed by atoms with Crippen LogP contribution in [0.3, 0.4) is 0 Å². The third-order valence-corrected chi connectivity index (χ3v) is 16.8. The summed E-state index contributed by atoms with van der Waals surface area (Å²) in [7, 11) is 0. The van der Waals surface area contributed by atoms with E-state index in [0.29, 0.717) is 0 Å². The molecule has 0 aromatic carbocycles. The Morgan fingerprint density at radius 3 is 1.72 bits per heavy atom. The molecule has 8 saturated carbocycles. The zero-order chi connectivity index (χ0) is 33.0. The maximum absolute atomic E-state index is 2.67. The summed E-state index contributed by atoms with van der Waals surface area (Å²) in [5, 5.41) is 0. The topological polar surface area (TPSA) is 0 Å². The summed E-state index contributed by atoms with van der Waals surface area (Å²) in [5.74, 6) is 15.0. The van der Waals surface area contributed by atoms with E-state index in [1.165, 1.54) is 19.3 Å². The minimum Gasteiger partial charge on any atom is -0.0656 e. The molecule has 8 fully saturated rings. The first-order valence-electron chi connectivity index (χ1n) is 21.9. The van der Waals surface area contributed by atoms with Gasteiger partial charge in [-0.2, -0.15) is 0 Å².